The zero-order chi connectivity index (χ0) is 21.8. The number of hydrogen-bond acceptors (Lipinski definition) is 5. The van der Waals surface area contributed by atoms with E-state index >= 15 is 0 Å². The van der Waals surface area contributed by atoms with E-state index in [4.69, 9.17) is 4.74 Å². The van der Waals surface area contributed by atoms with Crippen LogP contribution in [0.25, 0.3) is 11.0 Å². The summed E-state index contributed by atoms with van der Waals surface area (Å²) in [6, 6.07) is 22.5. The molecule has 0 radical (unpaired) electrons. The van der Waals surface area contributed by atoms with Crippen LogP contribution >= 0.6 is 0 Å². The summed E-state index contributed by atoms with van der Waals surface area (Å²) >= 11 is 0. The van der Waals surface area contributed by atoms with Gasteiger partial charge in [-0.1, -0.05) is 30.3 Å². The van der Waals surface area contributed by atoms with Crippen molar-refractivity contribution in [2.24, 2.45) is 0 Å². The van der Waals surface area contributed by atoms with Gasteiger partial charge in [0, 0.05) is 0 Å². The standard InChI is InChI=1S/C23H23N3O4S/c1-30-20-13-11-18(12-14-20)26(31(28,29)21-7-3-2-4-8-21)16-19(27)15-25-17-24-22-9-5-6-10-23(22)25/h2-14,17,19,27H,15-16H2,1H3/t19-/m0/s1. The molecule has 1 aromatic heterocycles. The maximum Gasteiger partial charge on any atom is 0.264 e. The molecular weight excluding hydrogens is 414 g/mol. The zero-order valence-corrected chi connectivity index (χ0v) is 17.8. The van der Waals surface area contributed by atoms with Crippen molar-refractivity contribution in [3.63, 3.8) is 0 Å². The van der Waals surface area contributed by atoms with Gasteiger partial charge in [0.25, 0.3) is 10.0 Å². The van der Waals surface area contributed by atoms with E-state index in [1.165, 1.54) is 4.31 Å². The molecule has 0 bridgehead atoms. The Morgan fingerprint density at radius 2 is 1.68 bits per heavy atom. The van der Waals surface area contributed by atoms with E-state index in [1.807, 2.05) is 28.8 Å². The minimum Gasteiger partial charge on any atom is -0.497 e. The minimum absolute atomic E-state index is 0.115. The highest BCUT2D eigenvalue weighted by atomic mass is 32.2. The molecule has 0 aliphatic carbocycles. The molecule has 1 N–H and O–H groups in total. The molecule has 0 fully saturated rings. The summed E-state index contributed by atoms with van der Waals surface area (Å²) in [5.74, 6) is 0.617. The Morgan fingerprint density at radius 1 is 1.00 bits per heavy atom. The number of nitrogens with zero attached hydrogens (tertiary/aromatic N) is 3. The lowest BCUT2D eigenvalue weighted by Gasteiger charge is -2.27. The summed E-state index contributed by atoms with van der Waals surface area (Å²) < 4.78 is 35.0. The summed E-state index contributed by atoms with van der Waals surface area (Å²) in [5, 5.41) is 10.8. The van der Waals surface area contributed by atoms with Crippen LogP contribution in [0.2, 0.25) is 0 Å². The Kier molecular flexibility index (Phi) is 5.92. The average molecular weight is 438 g/mol. The molecule has 160 valence electrons. The van der Waals surface area contributed by atoms with Crippen LogP contribution in [-0.4, -0.2) is 42.8 Å². The van der Waals surface area contributed by atoms with Crippen molar-refractivity contribution in [3.8, 4) is 5.75 Å². The second-order valence-electron chi connectivity index (χ2n) is 7.09. The average Bonchev–Trinajstić information content (AvgIpc) is 3.21. The number of aliphatic hydroxyl groups is 1. The molecule has 0 saturated heterocycles. The molecule has 8 heteroatoms. The van der Waals surface area contributed by atoms with Crippen LogP contribution in [0, 0.1) is 0 Å². The summed E-state index contributed by atoms with van der Waals surface area (Å²) in [6.45, 7) is 0.0908. The highest BCUT2D eigenvalue weighted by Gasteiger charge is 2.27. The molecule has 4 aromatic rings. The molecule has 31 heavy (non-hydrogen) atoms. The van der Waals surface area contributed by atoms with Crippen molar-refractivity contribution in [1.82, 2.24) is 9.55 Å². The van der Waals surface area contributed by atoms with Gasteiger partial charge in [-0.25, -0.2) is 13.4 Å². The Labute approximate surface area is 181 Å². The lowest BCUT2D eigenvalue weighted by atomic mass is 10.2. The first-order valence-corrected chi connectivity index (χ1v) is 11.2. The fourth-order valence-corrected chi connectivity index (χ4v) is 4.97. The molecule has 0 spiro atoms. The molecule has 1 heterocycles. The molecular formula is C23H23N3O4S. The number of anilines is 1. The van der Waals surface area contributed by atoms with Gasteiger partial charge in [-0.2, -0.15) is 0 Å². The van der Waals surface area contributed by atoms with Gasteiger partial charge in [0.2, 0.25) is 0 Å². The first kappa shape index (κ1) is 20.9. The maximum atomic E-state index is 13.4. The number of fused-ring (bicyclic) bond motifs is 1. The van der Waals surface area contributed by atoms with E-state index in [-0.39, 0.29) is 18.0 Å². The summed E-state index contributed by atoms with van der Waals surface area (Å²) in [7, 11) is -2.33. The largest absolute Gasteiger partial charge is 0.497 e. The smallest absolute Gasteiger partial charge is 0.264 e. The first-order chi connectivity index (χ1) is 15.0. The second-order valence-corrected chi connectivity index (χ2v) is 8.95. The van der Waals surface area contributed by atoms with Crippen LogP contribution in [0.15, 0.2) is 90.1 Å². The van der Waals surface area contributed by atoms with Gasteiger partial charge >= 0.3 is 0 Å². The van der Waals surface area contributed by atoms with E-state index in [1.54, 1.807) is 68.0 Å². The van der Waals surface area contributed by atoms with Crippen LogP contribution in [-0.2, 0) is 16.6 Å². The van der Waals surface area contributed by atoms with Gasteiger partial charge in [-0.05, 0) is 48.5 Å². The molecule has 4 rings (SSSR count). The number of rotatable bonds is 8. The van der Waals surface area contributed by atoms with Crippen LogP contribution in [0.5, 0.6) is 5.75 Å². The normalized spacial score (nSPS) is 12.6. The van der Waals surface area contributed by atoms with E-state index in [0.717, 1.165) is 11.0 Å². The van der Waals surface area contributed by atoms with Crippen molar-refractivity contribution in [2.75, 3.05) is 18.0 Å². The number of aromatic nitrogens is 2. The third-order valence-corrected chi connectivity index (χ3v) is 6.81. The predicted molar refractivity (Wildman–Crippen MR) is 120 cm³/mol. The Morgan fingerprint density at radius 3 is 2.39 bits per heavy atom. The summed E-state index contributed by atoms with van der Waals surface area (Å²) in [5.41, 5.74) is 2.14. The van der Waals surface area contributed by atoms with Gasteiger partial charge in [0.05, 0.1) is 54.2 Å². The Balaban J connectivity index is 1.65. The van der Waals surface area contributed by atoms with E-state index in [0.29, 0.717) is 11.4 Å². The lowest BCUT2D eigenvalue weighted by Crippen LogP contribution is -2.39. The highest BCUT2D eigenvalue weighted by Crippen LogP contribution is 2.26. The van der Waals surface area contributed by atoms with E-state index in [2.05, 4.69) is 4.98 Å². The van der Waals surface area contributed by atoms with Crippen molar-refractivity contribution < 1.29 is 18.3 Å². The van der Waals surface area contributed by atoms with Crippen LogP contribution < -0.4 is 9.04 Å². The topological polar surface area (TPSA) is 84.7 Å². The van der Waals surface area contributed by atoms with Gasteiger partial charge in [0.15, 0.2) is 0 Å². The van der Waals surface area contributed by atoms with Gasteiger partial charge in [-0.15, -0.1) is 0 Å². The maximum absolute atomic E-state index is 13.4. The number of para-hydroxylation sites is 2. The van der Waals surface area contributed by atoms with Crippen molar-refractivity contribution >= 4 is 26.7 Å². The van der Waals surface area contributed by atoms with Gasteiger partial charge in [0.1, 0.15) is 5.75 Å². The number of ether oxygens (including phenoxy) is 1. The van der Waals surface area contributed by atoms with Crippen molar-refractivity contribution in [2.45, 2.75) is 17.5 Å². The molecule has 0 aliphatic rings. The molecule has 0 saturated carbocycles. The second kappa shape index (κ2) is 8.79. The number of benzene rings is 3. The number of hydrogen-bond donors (Lipinski definition) is 1. The SMILES string of the molecule is COc1ccc(N(C[C@@H](O)Cn2cnc3ccccc32)S(=O)(=O)c2ccccc2)cc1. The monoisotopic (exact) mass is 437 g/mol. The minimum atomic E-state index is -3.88. The number of aliphatic hydroxyl groups excluding tert-OH is 1. The Hall–Kier alpha value is -3.36. The zero-order valence-electron chi connectivity index (χ0n) is 17.0. The molecule has 7 nitrogen and oxygen atoms in total. The van der Waals surface area contributed by atoms with E-state index in [9.17, 15) is 13.5 Å². The van der Waals surface area contributed by atoms with Crippen molar-refractivity contribution in [1.29, 1.82) is 0 Å². The van der Waals surface area contributed by atoms with Crippen LogP contribution in [0.1, 0.15) is 0 Å². The fourth-order valence-electron chi connectivity index (χ4n) is 3.44. The molecule has 0 unspecified atom stereocenters. The van der Waals surface area contributed by atoms with Crippen LogP contribution in [0.4, 0.5) is 5.69 Å². The number of methoxy groups -OCH3 is 1. The van der Waals surface area contributed by atoms with Crippen molar-refractivity contribution in [3.05, 3.63) is 85.2 Å². The first-order valence-electron chi connectivity index (χ1n) is 9.79. The molecule has 0 aliphatic heterocycles. The van der Waals surface area contributed by atoms with Gasteiger partial charge in [-0.3, -0.25) is 4.31 Å². The Bertz CT molecular complexity index is 1250. The summed E-state index contributed by atoms with van der Waals surface area (Å²) in [6.07, 6.45) is 0.690. The quantitative estimate of drug-likeness (QED) is 0.457. The van der Waals surface area contributed by atoms with E-state index < -0.39 is 16.1 Å². The molecule has 3 aromatic carbocycles. The molecule has 1 atom stereocenters. The predicted octanol–water partition coefficient (Wildman–Crippen LogP) is 3.30. The third kappa shape index (κ3) is 4.40. The highest BCUT2D eigenvalue weighted by molar-refractivity contribution is 7.92. The number of sulfonamides is 1. The number of imidazole rings is 1. The third-order valence-electron chi connectivity index (χ3n) is 5.00. The lowest BCUT2D eigenvalue weighted by molar-refractivity contribution is 0.164. The molecule has 0 amide bonds. The van der Waals surface area contributed by atoms with Crippen LogP contribution in [0.3, 0.4) is 0 Å². The summed E-state index contributed by atoms with van der Waals surface area (Å²) in [4.78, 5) is 4.49. The van der Waals surface area contributed by atoms with Gasteiger partial charge < -0.3 is 14.4 Å². The fraction of sp³-hybridized carbons (Fsp3) is 0.174.